The van der Waals surface area contributed by atoms with E-state index in [-0.39, 0.29) is 11.2 Å². The Morgan fingerprint density at radius 2 is 2.29 bits per heavy atom. The summed E-state index contributed by atoms with van der Waals surface area (Å²) in [4.78, 5) is 4.07. The second-order valence-electron chi connectivity index (χ2n) is 4.53. The number of anilines is 1. The Morgan fingerprint density at radius 3 is 3.06 bits per heavy atom. The van der Waals surface area contributed by atoms with Gasteiger partial charge in [0.1, 0.15) is 5.83 Å². The zero-order valence-corrected chi connectivity index (χ0v) is 9.47. The number of hydrogen-bond acceptors (Lipinski definition) is 3. The summed E-state index contributed by atoms with van der Waals surface area (Å²) < 4.78 is 13.3. The highest BCUT2D eigenvalue weighted by Gasteiger charge is 2.39. The first-order chi connectivity index (χ1) is 8.19. The van der Waals surface area contributed by atoms with Gasteiger partial charge < -0.3 is 0 Å². The standard InChI is InChI=1S/C13H12FN3/c1-13-7-10(14)4-5-12(13)17(16-9-13)11-3-2-6-15-8-11/h2-6,8-9H,7H2,1H3. The van der Waals surface area contributed by atoms with Gasteiger partial charge in [0.05, 0.1) is 23.0 Å². The minimum Gasteiger partial charge on any atom is -0.262 e. The second kappa shape index (κ2) is 3.52. The number of aromatic nitrogens is 1. The Kier molecular flexibility index (Phi) is 2.11. The summed E-state index contributed by atoms with van der Waals surface area (Å²) in [5.41, 5.74) is 1.55. The summed E-state index contributed by atoms with van der Waals surface area (Å²) in [5, 5.41) is 6.17. The highest BCUT2D eigenvalue weighted by molar-refractivity contribution is 5.80. The zero-order chi connectivity index (χ0) is 11.9. The summed E-state index contributed by atoms with van der Waals surface area (Å²) >= 11 is 0. The van der Waals surface area contributed by atoms with Crippen LogP contribution < -0.4 is 5.01 Å². The van der Waals surface area contributed by atoms with Gasteiger partial charge >= 0.3 is 0 Å². The molecule has 1 aliphatic carbocycles. The van der Waals surface area contributed by atoms with E-state index in [4.69, 9.17) is 0 Å². The molecule has 0 aromatic carbocycles. The lowest BCUT2D eigenvalue weighted by atomic mass is 9.81. The lowest BCUT2D eigenvalue weighted by molar-refractivity contribution is 0.471. The van der Waals surface area contributed by atoms with Crippen LogP contribution in [0.15, 0.2) is 53.3 Å². The van der Waals surface area contributed by atoms with Crippen molar-refractivity contribution in [2.24, 2.45) is 10.5 Å². The summed E-state index contributed by atoms with van der Waals surface area (Å²) in [5.74, 6) is -0.101. The molecule has 0 radical (unpaired) electrons. The van der Waals surface area contributed by atoms with Crippen LogP contribution >= 0.6 is 0 Å². The van der Waals surface area contributed by atoms with Crippen LogP contribution in [0.3, 0.4) is 0 Å². The molecule has 86 valence electrons. The first kappa shape index (κ1) is 10.2. The molecular weight excluding hydrogens is 217 g/mol. The van der Waals surface area contributed by atoms with Gasteiger partial charge in [0.2, 0.25) is 0 Å². The van der Waals surface area contributed by atoms with Crippen molar-refractivity contribution in [3.8, 4) is 0 Å². The molecule has 0 N–H and O–H groups in total. The van der Waals surface area contributed by atoms with Gasteiger partial charge in [0, 0.05) is 18.8 Å². The van der Waals surface area contributed by atoms with E-state index in [2.05, 4.69) is 10.1 Å². The summed E-state index contributed by atoms with van der Waals surface area (Å²) in [6, 6.07) is 3.80. The Balaban J connectivity index is 2.03. The topological polar surface area (TPSA) is 28.5 Å². The molecule has 0 fully saturated rings. The van der Waals surface area contributed by atoms with E-state index in [1.165, 1.54) is 6.08 Å². The van der Waals surface area contributed by atoms with Crippen molar-refractivity contribution in [3.63, 3.8) is 0 Å². The van der Waals surface area contributed by atoms with E-state index in [0.717, 1.165) is 11.4 Å². The van der Waals surface area contributed by atoms with Crippen LogP contribution in [0.1, 0.15) is 13.3 Å². The summed E-state index contributed by atoms with van der Waals surface area (Å²) in [6.07, 6.45) is 8.95. The predicted molar refractivity (Wildman–Crippen MR) is 65.2 cm³/mol. The van der Waals surface area contributed by atoms with Crippen molar-refractivity contribution < 1.29 is 4.39 Å². The van der Waals surface area contributed by atoms with E-state index < -0.39 is 0 Å². The fraction of sp³-hybridized carbons (Fsp3) is 0.231. The molecule has 0 spiro atoms. The number of nitrogens with zero attached hydrogens (tertiary/aromatic N) is 3. The van der Waals surface area contributed by atoms with Crippen LogP contribution in [0, 0.1) is 5.41 Å². The normalized spacial score (nSPS) is 26.6. The maximum absolute atomic E-state index is 13.3. The van der Waals surface area contributed by atoms with Crippen LogP contribution in [0.25, 0.3) is 0 Å². The van der Waals surface area contributed by atoms with Gasteiger partial charge in [-0.1, -0.05) is 0 Å². The van der Waals surface area contributed by atoms with Crippen LogP contribution in [-0.4, -0.2) is 11.2 Å². The smallest absolute Gasteiger partial charge is 0.101 e. The molecule has 3 nitrogen and oxygen atoms in total. The van der Waals surface area contributed by atoms with Gasteiger partial charge in [0.25, 0.3) is 0 Å². The predicted octanol–water partition coefficient (Wildman–Crippen LogP) is 3.03. The number of rotatable bonds is 1. The Labute approximate surface area is 99.0 Å². The van der Waals surface area contributed by atoms with Crippen LogP contribution in [0.2, 0.25) is 0 Å². The first-order valence-electron chi connectivity index (χ1n) is 5.51. The molecule has 1 aliphatic heterocycles. The number of fused-ring (bicyclic) bond motifs is 1. The van der Waals surface area contributed by atoms with Crippen LogP contribution in [-0.2, 0) is 0 Å². The van der Waals surface area contributed by atoms with Gasteiger partial charge in [-0.2, -0.15) is 5.10 Å². The molecule has 2 aliphatic rings. The maximum atomic E-state index is 13.3. The van der Waals surface area contributed by atoms with Gasteiger partial charge in [-0.15, -0.1) is 0 Å². The molecule has 0 saturated carbocycles. The summed E-state index contributed by atoms with van der Waals surface area (Å²) in [7, 11) is 0. The quantitative estimate of drug-likeness (QED) is 0.740. The van der Waals surface area contributed by atoms with Crippen molar-refractivity contribution in [1.29, 1.82) is 0 Å². The first-order valence-corrected chi connectivity index (χ1v) is 5.51. The monoisotopic (exact) mass is 229 g/mol. The third-order valence-corrected chi connectivity index (χ3v) is 3.12. The lowest BCUT2D eigenvalue weighted by Crippen LogP contribution is -2.26. The van der Waals surface area contributed by atoms with Gasteiger partial charge in [-0.05, 0) is 31.2 Å². The van der Waals surface area contributed by atoms with Crippen molar-refractivity contribution >= 4 is 11.9 Å². The minimum atomic E-state index is -0.339. The van der Waals surface area contributed by atoms with E-state index in [9.17, 15) is 4.39 Å². The van der Waals surface area contributed by atoms with Gasteiger partial charge in [0.15, 0.2) is 0 Å². The molecule has 0 bridgehead atoms. The fourth-order valence-corrected chi connectivity index (χ4v) is 2.22. The van der Waals surface area contributed by atoms with Crippen molar-refractivity contribution in [3.05, 3.63) is 48.2 Å². The number of allylic oxidation sites excluding steroid dienone is 4. The number of halogens is 1. The summed E-state index contributed by atoms with van der Waals surface area (Å²) in [6.45, 7) is 1.99. The second-order valence-corrected chi connectivity index (χ2v) is 4.53. The van der Waals surface area contributed by atoms with Crippen LogP contribution in [0.5, 0.6) is 0 Å². The number of hydrogen-bond donors (Lipinski definition) is 0. The van der Waals surface area contributed by atoms with E-state index >= 15 is 0 Å². The maximum Gasteiger partial charge on any atom is 0.101 e. The highest BCUT2D eigenvalue weighted by Crippen LogP contribution is 2.43. The Hall–Kier alpha value is -1.97. The Morgan fingerprint density at radius 1 is 1.41 bits per heavy atom. The molecule has 1 unspecified atom stereocenters. The molecule has 1 atom stereocenters. The largest absolute Gasteiger partial charge is 0.262 e. The van der Waals surface area contributed by atoms with Gasteiger partial charge in [-0.3, -0.25) is 4.98 Å². The SMILES string of the molecule is CC12C=NN(c3cccnc3)C1=CC=C(F)C2. The lowest BCUT2D eigenvalue weighted by Gasteiger charge is -2.28. The third kappa shape index (κ3) is 1.56. The van der Waals surface area contributed by atoms with Gasteiger partial charge in [-0.25, -0.2) is 9.40 Å². The molecule has 2 heterocycles. The molecule has 0 saturated heterocycles. The van der Waals surface area contributed by atoms with Crippen molar-refractivity contribution in [2.45, 2.75) is 13.3 Å². The molecule has 1 aromatic rings. The Bertz CT molecular complexity index is 533. The molecule has 3 rings (SSSR count). The molecule has 17 heavy (non-hydrogen) atoms. The van der Waals surface area contributed by atoms with E-state index in [1.54, 1.807) is 24.7 Å². The average Bonchev–Trinajstić information content (AvgIpc) is 2.66. The third-order valence-electron chi connectivity index (χ3n) is 3.12. The average molecular weight is 229 g/mol. The number of pyridine rings is 1. The van der Waals surface area contributed by atoms with E-state index in [1.807, 2.05) is 24.1 Å². The molecule has 0 amide bonds. The molecule has 1 aromatic heterocycles. The van der Waals surface area contributed by atoms with E-state index in [0.29, 0.717) is 6.42 Å². The number of hydrazone groups is 1. The minimum absolute atomic E-state index is 0.101. The molecular formula is C13H12FN3. The highest BCUT2D eigenvalue weighted by atomic mass is 19.1. The zero-order valence-electron chi connectivity index (χ0n) is 9.47. The van der Waals surface area contributed by atoms with Crippen LogP contribution in [0.4, 0.5) is 10.1 Å². The van der Waals surface area contributed by atoms with Crippen molar-refractivity contribution in [2.75, 3.05) is 5.01 Å². The fourth-order valence-electron chi connectivity index (χ4n) is 2.22. The molecule has 4 heteroatoms. The van der Waals surface area contributed by atoms with Crippen molar-refractivity contribution in [1.82, 2.24) is 4.98 Å².